The Labute approximate surface area is 143 Å². The van der Waals surface area contributed by atoms with Gasteiger partial charge >= 0.3 is 0 Å². The SMILES string of the molecule is O=C(Cc1ccc(N2CCCC2=O)cc1)NCC1CCCC(O)C1. The molecule has 1 saturated heterocycles. The highest BCUT2D eigenvalue weighted by atomic mass is 16.3. The van der Waals surface area contributed by atoms with Crippen LogP contribution < -0.4 is 10.2 Å². The van der Waals surface area contributed by atoms with Crippen molar-refractivity contribution < 1.29 is 14.7 Å². The predicted molar refractivity (Wildman–Crippen MR) is 92.7 cm³/mol. The number of amides is 2. The summed E-state index contributed by atoms with van der Waals surface area (Å²) >= 11 is 0. The Morgan fingerprint density at radius 2 is 2.00 bits per heavy atom. The number of nitrogens with zero attached hydrogens (tertiary/aromatic N) is 1. The molecule has 24 heavy (non-hydrogen) atoms. The van der Waals surface area contributed by atoms with Crippen molar-refractivity contribution in [1.29, 1.82) is 0 Å². The number of hydrogen-bond donors (Lipinski definition) is 2. The molecule has 1 aliphatic heterocycles. The summed E-state index contributed by atoms with van der Waals surface area (Å²) in [6.45, 7) is 1.43. The van der Waals surface area contributed by atoms with E-state index in [4.69, 9.17) is 0 Å². The number of aliphatic hydroxyl groups excluding tert-OH is 1. The third kappa shape index (κ3) is 4.35. The summed E-state index contributed by atoms with van der Waals surface area (Å²) in [6.07, 6.45) is 5.48. The van der Waals surface area contributed by atoms with E-state index in [1.807, 2.05) is 24.3 Å². The van der Waals surface area contributed by atoms with Crippen LogP contribution in [0.15, 0.2) is 24.3 Å². The van der Waals surface area contributed by atoms with Gasteiger partial charge in [0.1, 0.15) is 0 Å². The van der Waals surface area contributed by atoms with Crippen molar-refractivity contribution in [2.24, 2.45) is 5.92 Å². The lowest BCUT2D eigenvalue weighted by atomic mass is 9.87. The molecule has 130 valence electrons. The second-order valence-electron chi connectivity index (χ2n) is 6.98. The molecule has 0 spiro atoms. The number of rotatable bonds is 5. The van der Waals surface area contributed by atoms with Crippen molar-refractivity contribution in [1.82, 2.24) is 5.32 Å². The average Bonchev–Trinajstić information content (AvgIpc) is 3.00. The number of benzene rings is 1. The molecule has 1 aromatic carbocycles. The molecule has 1 aromatic rings. The first-order valence-electron chi connectivity index (χ1n) is 8.96. The Balaban J connectivity index is 1.46. The summed E-state index contributed by atoms with van der Waals surface area (Å²) in [4.78, 5) is 25.6. The van der Waals surface area contributed by atoms with E-state index < -0.39 is 0 Å². The standard InChI is InChI=1S/C19H26N2O3/c22-17-4-1-3-15(11-17)13-20-18(23)12-14-6-8-16(9-7-14)21-10-2-5-19(21)24/h6-9,15,17,22H,1-5,10-13H2,(H,20,23). The van der Waals surface area contributed by atoms with Crippen molar-refractivity contribution in [3.8, 4) is 0 Å². The molecule has 1 aliphatic carbocycles. The van der Waals surface area contributed by atoms with E-state index >= 15 is 0 Å². The Morgan fingerprint density at radius 1 is 1.21 bits per heavy atom. The Kier molecular flexibility index (Phi) is 5.51. The highest BCUT2D eigenvalue weighted by Gasteiger charge is 2.22. The van der Waals surface area contributed by atoms with E-state index in [2.05, 4.69) is 5.32 Å². The van der Waals surface area contributed by atoms with Crippen LogP contribution in [0.2, 0.25) is 0 Å². The average molecular weight is 330 g/mol. The number of aliphatic hydroxyl groups is 1. The second-order valence-corrected chi connectivity index (χ2v) is 6.98. The summed E-state index contributed by atoms with van der Waals surface area (Å²) in [5.74, 6) is 0.580. The minimum Gasteiger partial charge on any atom is -0.393 e. The smallest absolute Gasteiger partial charge is 0.227 e. The Hall–Kier alpha value is -1.88. The lowest BCUT2D eigenvalue weighted by Crippen LogP contribution is -2.33. The van der Waals surface area contributed by atoms with Crippen LogP contribution in [0.25, 0.3) is 0 Å². The van der Waals surface area contributed by atoms with Crippen molar-refractivity contribution in [2.45, 2.75) is 51.0 Å². The molecule has 0 radical (unpaired) electrons. The van der Waals surface area contributed by atoms with Crippen LogP contribution in [0.3, 0.4) is 0 Å². The van der Waals surface area contributed by atoms with Crippen molar-refractivity contribution >= 4 is 17.5 Å². The zero-order valence-corrected chi connectivity index (χ0v) is 14.0. The molecular formula is C19H26N2O3. The first-order chi connectivity index (χ1) is 11.6. The third-order valence-corrected chi connectivity index (χ3v) is 5.03. The molecule has 3 rings (SSSR count). The number of carbonyl (C=O) groups is 2. The van der Waals surface area contributed by atoms with Crippen LogP contribution in [0, 0.1) is 5.92 Å². The third-order valence-electron chi connectivity index (χ3n) is 5.03. The Bertz CT molecular complexity index is 585. The Morgan fingerprint density at radius 3 is 2.67 bits per heavy atom. The van der Waals surface area contributed by atoms with E-state index in [0.717, 1.165) is 49.9 Å². The maximum Gasteiger partial charge on any atom is 0.227 e. The minimum atomic E-state index is -0.207. The molecule has 5 nitrogen and oxygen atoms in total. The minimum absolute atomic E-state index is 0.0139. The van der Waals surface area contributed by atoms with Gasteiger partial charge in [-0.25, -0.2) is 0 Å². The fourth-order valence-electron chi connectivity index (χ4n) is 3.67. The molecule has 2 N–H and O–H groups in total. The molecule has 1 heterocycles. The zero-order chi connectivity index (χ0) is 16.9. The number of anilines is 1. The maximum absolute atomic E-state index is 12.1. The number of nitrogens with one attached hydrogen (secondary N) is 1. The van der Waals surface area contributed by atoms with Crippen LogP contribution in [0.4, 0.5) is 5.69 Å². The molecule has 5 heteroatoms. The molecule has 0 bridgehead atoms. The normalized spacial score (nSPS) is 24.2. The van der Waals surface area contributed by atoms with E-state index in [-0.39, 0.29) is 17.9 Å². The van der Waals surface area contributed by atoms with Gasteiger partial charge in [-0.2, -0.15) is 0 Å². The summed E-state index contributed by atoms with van der Waals surface area (Å²) in [6, 6.07) is 7.68. The fraction of sp³-hybridized carbons (Fsp3) is 0.579. The molecule has 2 fully saturated rings. The van der Waals surface area contributed by atoms with Crippen LogP contribution in [0.5, 0.6) is 0 Å². The van der Waals surface area contributed by atoms with Crippen LogP contribution in [-0.2, 0) is 16.0 Å². The molecule has 2 unspecified atom stereocenters. The van der Waals surface area contributed by atoms with Crippen molar-refractivity contribution in [3.05, 3.63) is 29.8 Å². The van der Waals surface area contributed by atoms with E-state index in [1.165, 1.54) is 0 Å². The molecule has 2 atom stereocenters. The molecule has 0 aromatic heterocycles. The summed E-state index contributed by atoms with van der Waals surface area (Å²) in [5.41, 5.74) is 1.87. The molecular weight excluding hydrogens is 304 g/mol. The largest absolute Gasteiger partial charge is 0.393 e. The lowest BCUT2D eigenvalue weighted by Gasteiger charge is -2.25. The molecule has 1 saturated carbocycles. The highest BCUT2D eigenvalue weighted by Crippen LogP contribution is 2.24. The van der Waals surface area contributed by atoms with Gasteiger partial charge in [0.2, 0.25) is 11.8 Å². The van der Waals surface area contributed by atoms with Crippen LogP contribution in [0.1, 0.15) is 44.1 Å². The van der Waals surface area contributed by atoms with Gasteiger partial charge in [-0.3, -0.25) is 9.59 Å². The lowest BCUT2D eigenvalue weighted by molar-refractivity contribution is -0.120. The van der Waals surface area contributed by atoms with Gasteiger partial charge in [-0.1, -0.05) is 18.6 Å². The zero-order valence-electron chi connectivity index (χ0n) is 14.0. The van der Waals surface area contributed by atoms with Gasteiger partial charge in [0.05, 0.1) is 12.5 Å². The first-order valence-corrected chi connectivity index (χ1v) is 8.96. The van der Waals surface area contributed by atoms with Gasteiger partial charge in [0, 0.05) is 25.2 Å². The molecule has 2 amide bonds. The van der Waals surface area contributed by atoms with Gasteiger partial charge in [0.15, 0.2) is 0 Å². The van der Waals surface area contributed by atoms with Gasteiger partial charge in [0.25, 0.3) is 0 Å². The highest BCUT2D eigenvalue weighted by molar-refractivity contribution is 5.95. The monoisotopic (exact) mass is 330 g/mol. The number of carbonyl (C=O) groups excluding carboxylic acids is 2. The predicted octanol–water partition coefficient (Wildman–Crippen LogP) is 2.02. The quantitative estimate of drug-likeness (QED) is 0.868. The van der Waals surface area contributed by atoms with Gasteiger partial charge in [-0.15, -0.1) is 0 Å². The second kappa shape index (κ2) is 7.79. The summed E-state index contributed by atoms with van der Waals surface area (Å²) in [7, 11) is 0. The van der Waals surface area contributed by atoms with Gasteiger partial charge < -0.3 is 15.3 Å². The van der Waals surface area contributed by atoms with Crippen LogP contribution >= 0.6 is 0 Å². The summed E-state index contributed by atoms with van der Waals surface area (Å²) in [5, 5.41) is 12.7. The fourth-order valence-corrected chi connectivity index (χ4v) is 3.67. The van der Waals surface area contributed by atoms with Crippen LogP contribution in [-0.4, -0.2) is 36.1 Å². The van der Waals surface area contributed by atoms with E-state index in [9.17, 15) is 14.7 Å². The van der Waals surface area contributed by atoms with Gasteiger partial charge in [-0.05, 0) is 49.3 Å². The van der Waals surface area contributed by atoms with Crippen molar-refractivity contribution in [2.75, 3.05) is 18.0 Å². The topological polar surface area (TPSA) is 69.6 Å². The van der Waals surface area contributed by atoms with E-state index in [0.29, 0.717) is 25.3 Å². The van der Waals surface area contributed by atoms with E-state index in [1.54, 1.807) is 4.90 Å². The first kappa shape index (κ1) is 17.0. The number of hydrogen-bond acceptors (Lipinski definition) is 3. The maximum atomic E-state index is 12.1. The summed E-state index contributed by atoms with van der Waals surface area (Å²) < 4.78 is 0. The van der Waals surface area contributed by atoms with Crippen molar-refractivity contribution in [3.63, 3.8) is 0 Å². The molecule has 2 aliphatic rings.